The first-order chi connectivity index (χ1) is 15.0. The zero-order chi connectivity index (χ0) is 21.8. The number of hydrogen-bond acceptors (Lipinski definition) is 6. The molecule has 0 atom stereocenters. The van der Waals surface area contributed by atoms with Crippen molar-refractivity contribution in [2.24, 2.45) is 7.05 Å². The summed E-state index contributed by atoms with van der Waals surface area (Å²) in [6.45, 7) is 6.78. The molecule has 0 saturated carbocycles. The number of halogens is 1. The normalized spacial score (nSPS) is 14.2. The second-order valence-electron chi connectivity index (χ2n) is 7.92. The largest absolute Gasteiger partial charge is 0.359 e. The Hall–Kier alpha value is -2.97. The van der Waals surface area contributed by atoms with Crippen molar-refractivity contribution >= 4 is 24.1 Å². The van der Waals surface area contributed by atoms with Crippen LogP contribution in [0.25, 0.3) is 11.3 Å². The van der Waals surface area contributed by atoms with E-state index in [1.165, 1.54) is 11.3 Å². The SMILES string of the molecule is CNC(=O)Cc1ccc(-c2nccnc2N2CCN(Cc3cnn(C)c3C)CC2)cc1.Cl. The summed E-state index contributed by atoms with van der Waals surface area (Å²) in [4.78, 5) is 25.7. The highest BCUT2D eigenvalue weighted by Crippen LogP contribution is 2.28. The molecule has 0 aliphatic carbocycles. The Morgan fingerprint density at radius 1 is 1.06 bits per heavy atom. The first kappa shape index (κ1) is 23.7. The third-order valence-corrected chi connectivity index (χ3v) is 5.95. The minimum absolute atomic E-state index is 0. The molecule has 8 nitrogen and oxygen atoms in total. The number of aromatic nitrogens is 4. The number of piperazine rings is 1. The minimum atomic E-state index is 0. The molecule has 32 heavy (non-hydrogen) atoms. The number of anilines is 1. The summed E-state index contributed by atoms with van der Waals surface area (Å²) >= 11 is 0. The Bertz CT molecular complexity index is 1040. The number of aryl methyl sites for hydroxylation is 1. The Morgan fingerprint density at radius 2 is 1.75 bits per heavy atom. The van der Waals surface area contributed by atoms with Crippen LogP contribution in [0.15, 0.2) is 42.9 Å². The van der Waals surface area contributed by atoms with E-state index >= 15 is 0 Å². The first-order valence-electron chi connectivity index (χ1n) is 10.6. The van der Waals surface area contributed by atoms with Gasteiger partial charge in [-0.2, -0.15) is 5.10 Å². The zero-order valence-corrected chi connectivity index (χ0v) is 19.6. The van der Waals surface area contributed by atoms with Gasteiger partial charge in [0.15, 0.2) is 5.82 Å². The number of likely N-dealkylation sites (N-methyl/N-ethyl adjacent to an activating group) is 1. The van der Waals surface area contributed by atoms with E-state index in [4.69, 9.17) is 0 Å². The number of rotatable bonds is 6. The van der Waals surface area contributed by atoms with Crippen molar-refractivity contribution < 1.29 is 4.79 Å². The molecule has 9 heteroatoms. The third kappa shape index (κ3) is 5.26. The summed E-state index contributed by atoms with van der Waals surface area (Å²) in [5.74, 6) is 0.922. The van der Waals surface area contributed by atoms with E-state index in [1.54, 1.807) is 19.4 Å². The maximum absolute atomic E-state index is 11.6. The summed E-state index contributed by atoms with van der Waals surface area (Å²) in [5.41, 5.74) is 5.38. The highest BCUT2D eigenvalue weighted by molar-refractivity contribution is 5.85. The molecule has 1 aliphatic heterocycles. The van der Waals surface area contributed by atoms with Gasteiger partial charge in [0, 0.05) is 76.0 Å². The van der Waals surface area contributed by atoms with Crippen molar-refractivity contribution in [2.45, 2.75) is 19.9 Å². The lowest BCUT2D eigenvalue weighted by molar-refractivity contribution is -0.119. The summed E-state index contributed by atoms with van der Waals surface area (Å²) in [7, 11) is 3.64. The maximum atomic E-state index is 11.6. The molecule has 1 aromatic carbocycles. The second kappa shape index (κ2) is 10.6. The van der Waals surface area contributed by atoms with E-state index in [2.05, 4.69) is 37.1 Å². The van der Waals surface area contributed by atoms with Crippen molar-refractivity contribution in [3.8, 4) is 11.3 Å². The van der Waals surface area contributed by atoms with Gasteiger partial charge < -0.3 is 10.2 Å². The molecule has 1 aliphatic rings. The average molecular weight is 456 g/mol. The van der Waals surface area contributed by atoms with Gasteiger partial charge in [-0.1, -0.05) is 24.3 Å². The molecule has 0 bridgehead atoms. The van der Waals surface area contributed by atoms with Crippen molar-refractivity contribution in [3.05, 3.63) is 59.7 Å². The molecule has 0 unspecified atom stereocenters. The van der Waals surface area contributed by atoms with Crippen LogP contribution in [-0.4, -0.2) is 63.8 Å². The van der Waals surface area contributed by atoms with Crippen LogP contribution in [0.4, 0.5) is 5.82 Å². The van der Waals surface area contributed by atoms with Gasteiger partial charge in [-0.15, -0.1) is 12.4 Å². The van der Waals surface area contributed by atoms with E-state index in [9.17, 15) is 4.79 Å². The second-order valence-corrected chi connectivity index (χ2v) is 7.92. The number of carbonyl (C=O) groups excluding carboxylic acids is 1. The van der Waals surface area contributed by atoms with E-state index < -0.39 is 0 Å². The number of benzene rings is 1. The molecule has 1 saturated heterocycles. The highest BCUT2D eigenvalue weighted by Gasteiger charge is 2.22. The van der Waals surface area contributed by atoms with Gasteiger partial charge in [-0.25, -0.2) is 4.98 Å². The van der Waals surface area contributed by atoms with Crippen LogP contribution in [0.5, 0.6) is 0 Å². The van der Waals surface area contributed by atoms with Crippen LogP contribution in [0.2, 0.25) is 0 Å². The predicted molar refractivity (Wildman–Crippen MR) is 128 cm³/mol. The lowest BCUT2D eigenvalue weighted by Gasteiger charge is -2.35. The Balaban J connectivity index is 0.00000289. The van der Waals surface area contributed by atoms with E-state index in [-0.39, 0.29) is 18.3 Å². The molecule has 1 fully saturated rings. The van der Waals surface area contributed by atoms with Gasteiger partial charge >= 0.3 is 0 Å². The van der Waals surface area contributed by atoms with Crippen LogP contribution in [0.1, 0.15) is 16.8 Å². The molecular formula is C23H30ClN7O. The molecule has 4 rings (SSSR count). The minimum Gasteiger partial charge on any atom is -0.359 e. The summed E-state index contributed by atoms with van der Waals surface area (Å²) in [6, 6.07) is 8.01. The summed E-state index contributed by atoms with van der Waals surface area (Å²) in [6.07, 6.45) is 5.83. The van der Waals surface area contributed by atoms with Gasteiger partial charge in [0.1, 0.15) is 5.69 Å². The first-order valence-corrected chi connectivity index (χ1v) is 10.6. The predicted octanol–water partition coefficient (Wildman–Crippen LogP) is 2.22. The number of amides is 1. The third-order valence-electron chi connectivity index (χ3n) is 5.95. The fourth-order valence-electron chi connectivity index (χ4n) is 3.88. The maximum Gasteiger partial charge on any atom is 0.224 e. The molecule has 3 heterocycles. The molecule has 0 radical (unpaired) electrons. The molecule has 170 valence electrons. The van der Waals surface area contributed by atoms with Crippen molar-refractivity contribution in [1.29, 1.82) is 0 Å². The standard InChI is InChI=1S/C23H29N7O.ClH/c1-17-20(15-27-28(17)3)16-29-10-12-30(13-11-29)23-22(25-8-9-26-23)19-6-4-18(5-7-19)14-21(31)24-2;/h4-9,15H,10-14,16H2,1-3H3,(H,24,31);1H. The highest BCUT2D eigenvalue weighted by atomic mass is 35.5. The summed E-state index contributed by atoms with van der Waals surface area (Å²) in [5, 5.41) is 7.01. The lowest BCUT2D eigenvalue weighted by atomic mass is 10.1. The van der Waals surface area contributed by atoms with Crippen molar-refractivity contribution in [2.75, 3.05) is 38.1 Å². The fourth-order valence-corrected chi connectivity index (χ4v) is 3.88. The quantitative estimate of drug-likeness (QED) is 0.614. The smallest absolute Gasteiger partial charge is 0.224 e. The topological polar surface area (TPSA) is 79.2 Å². The molecule has 0 spiro atoms. The van der Waals surface area contributed by atoms with Crippen LogP contribution < -0.4 is 10.2 Å². The van der Waals surface area contributed by atoms with E-state index in [0.29, 0.717) is 6.42 Å². The molecule has 2 aromatic heterocycles. The van der Waals surface area contributed by atoms with Gasteiger partial charge in [-0.05, 0) is 12.5 Å². The van der Waals surface area contributed by atoms with Gasteiger partial charge in [0.2, 0.25) is 5.91 Å². The van der Waals surface area contributed by atoms with E-state index in [1.807, 2.05) is 42.2 Å². The Morgan fingerprint density at radius 3 is 2.38 bits per heavy atom. The molecular weight excluding hydrogens is 426 g/mol. The lowest BCUT2D eigenvalue weighted by Crippen LogP contribution is -2.46. The number of nitrogens with one attached hydrogen (secondary N) is 1. The van der Waals surface area contributed by atoms with Crippen LogP contribution in [0.3, 0.4) is 0 Å². The number of hydrogen-bond donors (Lipinski definition) is 1. The monoisotopic (exact) mass is 455 g/mol. The van der Waals surface area contributed by atoms with Crippen molar-refractivity contribution in [1.82, 2.24) is 30.0 Å². The van der Waals surface area contributed by atoms with Gasteiger partial charge in [0.25, 0.3) is 0 Å². The number of nitrogens with zero attached hydrogens (tertiary/aromatic N) is 6. The van der Waals surface area contributed by atoms with Crippen molar-refractivity contribution in [3.63, 3.8) is 0 Å². The fraction of sp³-hybridized carbons (Fsp3) is 0.391. The Labute approximate surface area is 195 Å². The molecule has 1 N–H and O–H groups in total. The molecule has 3 aromatic rings. The van der Waals surface area contributed by atoms with Crippen LogP contribution in [0, 0.1) is 6.92 Å². The van der Waals surface area contributed by atoms with E-state index in [0.717, 1.165) is 55.4 Å². The van der Waals surface area contributed by atoms with Crippen LogP contribution >= 0.6 is 12.4 Å². The Kier molecular flexibility index (Phi) is 7.82. The zero-order valence-electron chi connectivity index (χ0n) is 18.8. The van der Waals surface area contributed by atoms with Gasteiger partial charge in [0.05, 0.1) is 12.6 Å². The average Bonchev–Trinajstić information content (AvgIpc) is 3.12. The summed E-state index contributed by atoms with van der Waals surface area (Å²) < 4.78 is 1.93. The number of carbonyl (C=O) groups is 1. The van der Waals surface area contributed by atoms with Crippen LogP contribution in [-0.2, 0) is 24.8 Å². The van der Waals surface area contributed by atoms with Gasteiger partial charge in [-0.3, -0.25) is 19.4 Å². The molecule has 1 amide bonds.